The molecule has 160 valence electrons. The van der Waals surface area contributed by atoms with Crippen molar-refractivity contribution in [1.29, 1.82) is 0 Å². The van der Waals surface area contributed by atoms with Crippen LogP contribution in [0, 0.1) is 13.8 Å². The lowest BCUT2D eigenvalue weighted by molar-refractivity contribution is -0.895. The number of methoxy groups -OCH3 is 1. The molecule has 2 aromatic carbocycles. The molecule has 7 nitrogen and oxygen atoms in total. The normalized spacial score (nSPS) is 14.3. The number of para-hydroxylation sites is 3. The van der Waals surface area contributed by atoms with Gasteiger partial charge in [-0.1, -0.05) is 30.3 Å². The number of nitrogens with one attached hydrogen (secondary N) is 3. The SMILES string of the molecule is COc1ccccc1NCC(=O)N1CC[NH+](CC(=O)Nc2c(C)cccc2C)CC1. The van der Waals surface area contributed by atoms with Crippen molar-refractivity contribution in [1.82, 2.24) is 4.90 Å². The number of piperazine rings is 1. The Morgan fingerprint density at radius 1 is 1.03 bits per heavy atom. The summed E-state index contributed by atoms with van der Waals surface area (Å²) in [6.07, 6.45) is 0. The molecule has 1 aliphatic heterocycles. The van der Waals surface area contributed by atoms with Crippen LogP contribution in [0.5, 0.6) is 5.75 Å². The summed E-state index contributed by atoms with van der Waals surface area (Å²) in [6.45, 7) is 7.47. The van der Waals surface area contributed by atoms with Crippen molar-refractivity contribution in [3.8, 4) is 5.75 Å². The zero-order valence-corrected chi connectivity index (χ0v) is 18.0. The Labute approximate surface area is 178 Å². The van der Waals surface area contributed by atoms with Crippen LogP contribution in [-0.4, -0.2) is 63.1 Å². The second kappa shape index (κ2) is 10.1. The summed E-state index contributed by atoms with van der Waals surface area (Å²) in [5.74, 6) is 0.787. The van der Waals surface area contributed by atoms with Crippen molar-refractivity contribution in [2.24, 2.45) is 0 Å². The maximum Gasteiger partial charge on any atom is 0.279 e. The smallest absolute Gasteiger partial charge is 0.279 e. The Morgan fingerprint density at radius 3 is 2.37 bits per heavy atom. The van der Waals surface area contributed by atoms with Gasteiger partial charge in [0.1, 0.15) is 5.75 Å². The monoisotopic (exact) mass is 411 g/mol. The number of nitrogens with zero attached hydrogens (tertiary/aromatic N) is 1. The van der Waals surface area contributed by atoms with E-state index in [1.807, 2.05) is 61.2 Å². The van der Waals surface area contributed by atoms with Crippen LogP contribution in [0.2, 0.25) is 0 Å². The van der Waals surface area contributed by atoms with E-state index in [-0.39, 0.29) is 18.4 Å². The van der Waals surface area contributed by atoms with E-state index in [0.717, 1.165) is 41.3 Å². The van der Waals surface area contributed by atoms with Gasteiger partial charge in [-0.25, -0.2) is 0 Å². The van der Waals surface area contributed by atoms with Crippen molar-refractivity contribution in [3.63, 3.8) is 0 Å². The summed E-state index contributed by atoms with van der Waals surface area (Å²) < 4.78 is 5.30. The summed E-state index contributed by atoms with van der Waals surface area (Å²) >= 11 is 0. The Kier molecular flexibility index (Phi) is 7.30. The molecule has 0 unspecified atom stereocenters. The maximum atomic E-state index is 12.6. The van der Waals surface area contributed by atoms with Gasteiger partial charge >= 0.3 is 0 Å². The van der Waals surface area contributed by atoms with Gasteiger partial charge in [0, 0.05) is 5.69 Å². The van der Waals surface area contributed by atoms with Crippen LogP contribution in [0.15, 0.2) is 42.5 Å². The van der Waals surface area contributed by atoms with Gasteiger partial charge in [-0.3, -0.25) is 9.59 Å². The number of hydrogen-bond donors (Lipinski definition) is 3. The molecule has 1 fully saturated rings. The fourth-order valence-electron chi connectivity index (χ4n) is 3.74. The van der Waals surface area contributed by atoms with E-state index in [4.69, 9.17) is 4.74 Å². The summed E-state index contributed by atoms with van der Waals surface area (Å²) in [5, 5.41) is 6.20. The van der Waals surface area contributed by atoms with E-state index in [0.29, 0.717) is 19.6 Å². The van der Waals surface area contributed by atoms with Gasteiger partial charge in [0.2, 0.25) is 5.91 Å². The highest BCUT2D eigenvalue weighted by Crippen LogP contribution is 2.22. The summed E-state index contributed by atoms with van der Waals surface area (Å²) in [4.78, 5) is 28.1. The topological polar surface area (TPSA) is 75.1 Å². The average Bonchev–Trinajstić information content (AvgIpc) is 2.75. The second-order valence-electron chi connectivity index (χ2n) is 7.68. The molecule has 2 amide bonds. The van der Waals surface area contributed by atoms with Gasteiger partial charge in [0.15, 0.2) is 6.54 Å². The van der Waals surface area contributed by atoms with E-state index < -0.39 is 0 Å². The molecule has 7 heteroatoms. The molecule has 3 rings (SSSR count). The molecule has 1 heterocycles. The molecule has 0 aliphatic carbocycles. The number of carbonyl (C=O) groups excluding carboxylic acids is 2. The zero-order chi connectivity index (χ0) is 21.5. The third-order valence-corrected chi connectivity index (χ3v) is 5.52. The molecule has 3 N–H and O–H groups in total. The minimum atomic E-state index is 0.0139. The predicted octanol–water partition coefficient (Wildman–Crippen LogP) is 1.09. The Hall–Kier alpha value is -3.06. The van der Waals surface area contributed by atoms with Gasteiger partial charge in [0.05, 0.1) is 45.5 Å². The van der Waals surface area contributed by atoms with E-state index in [1.54, 1.807) is 7.11 Å². The number of ether oxygens (including phenoxy) is 1. The third-order valence-electron chi connectivity index (χ3n) is 5.52. The van der Waals surface area contributed by atoms with Crippen molar-refractivity contribution in [2.45, 2.75) is 13.8 Å². The van der Waals surface area contributed by atoms with Gasteiger partial charge < -0.3 is 25.2 Å². The fraction of sp³-hybridized carbons (Fsp3) is 0.391. The molecule has 1 saturated heterocycles. The highest BCUT2D eigenvalue weighted by Gasteiger charge is 2.25. The molecule has 0 aromatic heterocycles. The van der Waals surface area contributed by atoms with Crippen LogP contribution in [0.1, 0.15) is 11.1 Å². The largest absolute Gasteiger partial charge is 0.495 e. The molecule has 0 bridgehead atoms. The number of quaternary nitrogens is 1. The Bertz CT molecular complexity index is 872. The zero-order valence-electron chi connectivity index (χ0n) is 18.0. The van der Waals surface area contributed by atoms with E-state index in [1.165, 1.54) is 4.90 Å². The molecule has 1 aliphatic rings. The number of benzene rings is 2. The lowest BCUT2D eigenvalue weighted by Crippen LogP contribution is -3.15. The molecule has 0 radical (unpaired) electrons. The number of amides is 2. The fourth-order valence-corrected chi connectivity index (χ4v) is 3.74. The van der Waals surface area contributed by atoms with Gasteiger partial charge in [-0.2, -0.15) is 0 Å². The molecule has 0 spiro atoms. The van der Waals surface area contributed by atoms with Gasteiger partial charge in [-0.15, -0.1) is 0 Å². The Morgan fingerprint density at radius 2 is 1.70 bits per heavy atom. The molecule has 2 aromatic rings. The molecular weight excluding hydrogens is 380 g/mol. The molecule has 0 atom stereocenters. The predicted molar refractivity (Wildman–Crippen MR) is 118 cm³/mol. The third kappa shape index (κ3) is 5.51. The molecular formula is C23H31N4O3+. The average molecular weight is 412 g/mol. The first-order valence-corrected chi connectivity index (χ1v) is 10.3. The van der Waals surface area contributed by atoms with Gasteiger partial charge in [-0.05, 0) is 37.1 Å². The summed E-state index contributed by atoms with van der Waals surface area (Å²) in [5.41, 5.74) is 3.84. The number of carbonyl (C=O) groups is 2. The first-order valence-electron chi connectivity index (χ1n) is 10.3. The highest BCUT2D eigenvalue weighted by molar-refractivity contribution is 5.93. The first-order chi connectivity index (χ1) is 14.5. The standard InChI is InChI=1S/C23H30N4O3/c1-17-7-6-8-18(2)23(17)25-21(28)16-26-11-13-27(14-12-26)22(29)15-24-19-9-4-5-10-20(19)30-3/h4-10,24H,11-16H2,1-3H3,(H,25,28)/p+1. The lowest BCUT2D eigenvalue weighted by Gasteiger charge is -2.32. The van der Waals surface area contributed by atoms with Crippen molar-refractivity contribution < 1.29 is 19.2 Å². The Balaban J connectivity index is 1.44. The minimum absolute atomic E-state index is 0.0139. The van der Waals surface area contributed by atoms with E-state index in [2.05, 4.69) is 10.6 Å². The number of hydrogen-bond acceptors (Lipinski definition) is 4. The van der Waals surface area contributed by atoms with Crippen LogP contribution in [0.3, 0.4) is 0 Å². The van der Waals surface area contributed by atoms with Crippen LogP contribution in [-0.2, 0) is 9.59 Å². The lowest BCUT2D eigenvalue weighted by atomic mass is 10.1. The van der Waals surface area contributed by atoms with E-state index in [9.17, 15) is 9.59 Å². The first kappa shape index (κ1) is 21.6. The minimum Gasteiger partial charge on any atom is -0.495 e. The highest BCUT2D eigenvalue weighted by atomic mass is 16.5. The maximum absolute atomic E-state index is 12.6. The number of anilines is 2. The number of aryl methyl sites for hydroxylation is 2. The summed E-state index contributed by atoms with van der Waals surface area (Å²) in [7, 11) is 1.61. The van der Waals surface area contributed by atoms with Crippen molar-refractivity contribution in [2.75, 3.05) is 57.0 Å². The quantitative estimate of drug-likeness (QED) is 0.638. The van der Waals surface area contributed by atoms with Gasteiger partial charge in [0.25, 0.3) is 5.91 Å². The van der Waals surface area contributed by atoms with Crippen molar-refractivity contribution in [3.05, 3.63) is 53.6 Å². The van der Waals surface area contributed by atoms with Crippen LogP contribution in [0.4, 0.5) is 11.4 Å². The molecule has 30 heavy (non-hydrogen) atoms. The molecule has 0 saturated carbocycles. The van der Waals surface area contributed by atoms with Crippen LogP contribution < -0.4 is 20.3 Å². The summed E-state index contributed by atoms with van der Waals surface area (Å²) in [6, 6.07) is 13.5. The second-order valence-corrected chi connectivity index (χ2v) is 7.68. The number of rotatable bonds is 7. The van der Waals surface area contributed by atoms with Crippen molar-refractivity contribution >= 4 is 23.2 Å². The van der Waals surface area contributed by atoms with E-state index >= 15 is 0 Å². The van der Waals surface area contributed by atoms with Crippen LogP contribution >= 0.6 is 0 Å². The van der Waals surface area contributed by atoms with Crippen LogP contribution in [0.25, 0.3) is 0 Å².